The molecule has 8 rings (SSSR count). The highest BCUT2D eigenvalue weighted by Gasteiger charge is 2.27. The molecule has 0 aliphatic heterocycles. The van der Waals surface area contributed by atoms with E-state index in [4.69, 9.17) is 0 Å². The Hall–Kier alpha value is -5.73. The van der Waals surface area contributed by atoms with Gasteiger partial charge in [-0.25, -0.2) is 8.78 Å². The van der Waals surface area contributed by atoms with E-state index < -0.39 is 11.6 Å². The highest BCUT2D eigenvalue weighted by Crippen LogP contribution is 2.44. The molecule has 0 amide bonds. The Balaban J connectivity index is 1.59. The minimum atomic E-state index is -0.666. The Labute approximate surface area is 341 Å². The molecule has 294 valence electrons. The van der Waals surface area contributed by atoms with Crippen LogP contribution < -0.4 is 0 Å². The standard InChI is InChI=1S/C53H53F2N3/c1-50(2,3)32-18-22-43-38(26-32)36-20-16-34(52(7,8)9)28-47(36)57(43)45-24-31(49-41(54)14-13-15-42(49)55)25-46(40(45)30-56)58-44-23-19-33(51(4,5)6)27-39(44)37-21-17-35(29-48(37)58)53(10,11)12/h13-29H,1-12H3. The van der Waals surface area contributed by atoms with Gasteiger partial charge < -0.3 is 9.13 Å². The maximum absolute atomic E-state index is 16.0. The molecule has 5 heteroatoms. The van der Waals surface area contributed by atoms with Crippen LogP contribution in [0.3, 0.4) is 0 Å². The summed E-state index contributed by atoms with van der Waals surface area (Å²) < 4.78 is 36.4. The van der Waals surface area contributed by atoms with Crippen LogP contribution in [0.5, 0.6) is 0 Å². The Kier molecular flexibility index (Phi) is 8.87. The van der Waals surface area contributed by atoms with Gasteiger partial charge in [-0.15, -0.1) is 0 Å². The molecule has 0 bridgehead atoms. The third kappa shape index (κ3) is 6.38. The Morgan fingerprint density at radius 1 is 0.431 bits per heavy atom. The summed E-state index contributed by atoms with van der Waals surface area (Å²) in [5, 5.41) is 15.7. The van der Waals surface area contributed by atoms with Crippen LogP contribution in [0, 0.1) is 23.0 Å². The van der Waals surface area contributed by atoms with Crippen LogP contribution in [0.15, 0.2) is 103 Å². The Morgan fingerprint density at radius 2 is 0.793 bits per heavy atom. The zero-order valence-electron chi connectivity index (χ0n) is 35.9. The van der Waals surface area contributed by atoms with E-state index in [1.165, 1.54) is 29.3 Å². The van der Waals surface area contributed by atoms with Crippen LogP contribution in [-0.2, 0) is 21.7 Å². The van der Waals surface area contributed by atoms with Gasteiger partial charge in [-0.3, -0.25) is 0 Å². The molecule has 2 aromatic heterocycles. The van der Waals surface area contributed by atoms with E-state index in [9.17, 15) is 5.26 Å². The van der Waals surface area contributed by atoms with E-state index in [2.05, 4.69) is 171 Å². The summed E-state index contributed by atoms with van der Waals surface area (Å²) in [7, 11) is 0. The molecule has 0 unspecified atom stereocenters. The third-order valence-corrected chi connectivity index (χ3v) is 11.9. The predicted octanol–water partition coefficient (Wildman–Crippen LogP) is 14.9. The number of nitrogens with zero attached hydrogens (tertiary/aromatic N) is 3. The van der Waals surface area contributed by atoms with E-state index in [-0.39, 0.29) is 27.2 Å². The lowest BCUT2D eigenvalue weighted by Crippen LogP contribution is -2.12. The van der Waals surface area contributed by atoms with Crippen molar-refractivity contribution in [2.24, 2.45) is 0 Å². The number of benzene rings is 6. The molecule has 0 fully saturated rings. The summed E-state index contributed by atoms with van der Waals surface area (Å²) in [4.78, 5) is 0. The summed E-state index contributed by atoms with van der Waals surface area (Å²) in [6, 6.07) is 36.5. The van der Waals surface area contributed by atoms with Crippen LogP contribution in [0.1, 0.15) is 111 Å². The first-order valence-corrected chi connectivity index (χ1v) is 20.3. The highest BCUT2D eigenvalue weighted by molar-refractivity contribution is 6.12. The van der Waals surface area contributed by atoms with Gasteiger partial charge in [-0.05, 0) is 110 Å². The molecule has 0 aliphatic rings. The van der Waals surface area contributed by atoms with Gasteiger partial charge in [0.1, 0.15) is 23.3 Å². The molecule has 8 aromatic rings. The van der Waals surface area contributed by atoms with Crippen LogP contribution in [0.2, 0.25) is 0 Å². The van der Waals surface area contributed by atoms with Gasteiger partial charge in [-0.1, -0.05) is 126 Å². The number of hydrogen-bond acceptors (Lipinski definition) is 1. The lowest BCUT2D eigenvalue weighted by molar-refractivity contribution is 0.589. The van der Waals surface area contributed by atoms with Crippen molar-refractivity contribution in [3.63, 3.8) is 0 Å². The quantitative estimate of drug-likeness (QED) is 0.176. The van der Waals surface area contributed by atoms with Crippen LogP contribution in [-0.4, -0.2) is 9.13 Å². The third-order valence-electron chi connectivity index (χ3n) is 11.9. The minimum Gasteiger partial charge on any atom is -0.308 e. The summed E-state index contributed by atoms with van der Waals surface area (Å²) in [5.74, 6) is -1.33. The molecule has 0 saturated carbocycles. The molecule has 0 atom stereocenters. The normalized spacial score (nSPS) is 13.0. The molecule has 2 heterocycles. The fourth-order valence-corrected chi connectivity index (χ4v) is 8.42. The zero-order valence-corrected chi connectivity index (χ0v) is 35.9. The van der Waals surface area contributed by atoms with Gasteiger partial charge in [0.25, 0.3) is 0 Å². The number of aromatic nitrogens is 2. The highest BCUT2D eigenvalue weighted by atomic mass is 19.1. The first-order chi connectivity index (χ1) is 27.1. The van der Waals surface area contributed by atoms with Gasteiger partial charge >= 0.3 is 0 Å². The van der Waals surface area contributed by atoms with Crippen molar-refractivity contribution in [3.8, 4) is 28.6 Å². The van der Waals surface area contributed by atoms with Crippen molar-refractivity contribution in [1.82, 2.24) is 9.13 Å². The molecular formula is C53H53F2N3. The lowest BCUT2D eigenvalue weighted by Gasteiger charge is -2.22. The van der Waals surface area contributed by atoms with Gasteiger partial charge in [0.15, 0.2) is 0 Å². The monoisotopic (exact) mass is 769 g/mol. The fraction of sp³-hybridized carbons (Fsp3) is 0.302. The molecule has 0 saturated heterocycles. The van der Waals surface area contributed by atoms with Crippen LogP contribution in [0.25, 0.3) is 66.1 Å². The van der Waals surface area contributed by atoms with Crippen molar-refractivity contribution in [2.45, 2.75) is 105 Å². The van der Waals surface area contributed by atoms with Crippen LogP contribution in [0.4, 0.5) is 8.78 Å². The summed E-state index contributed by atoms with van der Waals surface area (Å²) >= 11 is 0. The van der Waals surface area contributed by atoms with Crippen molar-refractivity contribution in [1.29, 1.82) is 5.26 Å². The lowest BCUT2D eigenvalue weighted by atomic mass is 9.85. The second-order valence-electron chi connectivity index (χ2n) is 20.2. The smallest absolute Gasteiger partial charge is 0.133 e. The maximum Gasteiger partial charge on any atom is 0.133 e. The number of fused-ring (bicyclic) bond motifs is 6. The van der Waals surface area contributed by atoms with E-state index in [0.29, 0.717) is 22.5 Å². The van der Waals surface area contributed by atoms with E-state index >= 15 is 8.78 Å². The topological polar surface area (TPSA) is 33.6 Å². The molecule has 0 spiro atoms. The molecule has 0 radical (unpaired) electrons. The number of halogens is 2. The predicted molar refractivity (Wildman–Crippen MR) is 240 cm³/mol. The Morgan fingerprint density at radius 3 is 1.16 bits per heavy atom. The first kappa shape index (κ1) is 39.1. The van der Waals surface area contributed by atoms with Crippen LogP contribution >= 0.6 is 0 Å². The average molecular weight is 770 g/mol. The molecule has 0 aliphatic carbocycles. The number of nitriles is 1. The van der Waals surface area contributed by atoms with Crippen molar-refractivity contribution >= 4 is 43.6 Å². The van der Waals surface area contributed by atoms with E-state index in [1.807, 2.05) is 0 Å². The molecule has 3 nitrogen and oxygen atoms in total. The largest absolute Gasteiger partial charge is 0.308 e. The number of hydrogen-bond donors (Lipinski definition) is 0. The van der Waals surface area contributed by atoms with Gasteiger partial charge in [0, 0.05) is 21.5 Å². The SMILES string of the molecule is CC(C)(C)c1ccc2c(c1)c1ccc(C(C)(C)C)cc1n2-c1cc(-c2c(F)cccc2F)cc(-n2c3ccc(C(C)(C)C)cc3c3ccc(C(C)(C)C)cc32)c1C#N. The van der Waals surface area contributed by atoms with Gasteiger partial charge in [0.2, 0.25) is 0 Å². The Bertz CT molecular complexity index is 2820. The average Bonchev–Trinajstić information content (AvgIpc) is 3.64. The molecule has 58 heavy (non-hydrogen) atoms. The molecule has 6 aromatic carbocycles. The second kappa shape index (κ2) is 13.1. The minimum absolute atomic E-state index is 0.101. The molecule has 0 N–H and O–H groups in total. The van der Waals surface area contributed by atoms with Crippen molar-refractivity contribution < 1.29 is 8.78 Å². The maximum atomic E-state index is 16.0. The van der Waals surface area contributed by atoms with Gasteiger partial charge in [0.05, 0.1) is 39.0 Å². The van der Waals surface area contributed by atoms with Gasteiger partial charge in [-0.2, -0.15) is 5.26 Å². The fourth-order valence-electron chi connectivity index (χ4n) is 8.42. The van der Waals surface area contributed by atoms with Crippen molar-refractivity contribution in [2.75, 3.05) is 0 Å². The van der Waals surface area contributed by atoms with E-state index in [1.54, 1.807) is 12.1 Å². The molecular weight excluding hydrogens is 717 g/mol. The zero-order chi connectivity index (χ0) is 41.9. The summed E-state index contributed by atoms with van der Waals surface area (Å²) in [6.07, 6.45) is 0. The van der Waals surface area contributed by atoms with E-state index in [0.717, 1.165) is 54.7 Å². The summed E-state index contributed by atoms with van der Waals surface area (Å²) in [5.41, 5.74) is 9.55. The summed E-state index contributed by atoms with van der Waals surface area (Å²) in [6.45, 7) is 26.4. The number of rotatable bonds is 3. The first-order valence-electron chi connectivity index (χ1n) is 20.3. The van der Waals surface area contributed by atoms with Crippen molar-refractivity contribution in [3.05, 3.63) is 143 Å². The second-order valence-corrected chi connectivity index (χ2v) is 20.2.